The number of rotatable bonds is 5. The fourth-order valence-electron chi connectivity index (χ4n) is 3.75. The number of ether oxygens (including phenoxy) is 1. The number of amides is 1. The Morgan fingerprint density at radius 2 is 1.73 bits per heavy atom. The molecule has 1 aromatic heterocycles. The molecule has 1 amide bonds. The molecule has 0 aromatic carbocycles. The maximum atomic E-state index is 12.8. The summed E-state index contributed by atoms with van der Waals surface area (Å²) in [5.41, 5.74) is 1.17. The number of methoxy groups -OCH3 is 1. The molecule has 0 bridgehead atoms. The van der Waals surface area contributed by atoms with E-state index in [1.54, 1.807) is 12.4 Å². The maximum Gasteiger partial charge on any atom is 0.306 e. The van der Waals surface area contributed by atoms with Crippen molar-refractivity contribution in [2.75, 3.05) is 57.8 Å². The van der Waals surface area contributed by atoms with Gasteiger partial charge in [0.1, 0.15) is 0 Å². The zero-order valence-corrected chi connectivity index (χ0v) is 15.5. The van der Waals surface area contributed by atoms with Crippen LogP contribution in [0.4, 0.5) is 5.69 Å². The second-order valence-corrected chi connectivity index (χ2v) is 6.96. The maximum absolute atomic E-state index is 12.8. The van der Waals surface area contributed by atoms with Crippen LogP contribution in [0, 0.1) is 5.92 Å². The number of nitrogens with zero attached hydrogens (tertiary/aromatic N) is 4. The Bertz CT molecular complexity index is 594. The van der Waals surface area contributed by atoms with Gasteiger partial charge in [-0.25, -0.2) is 0 Å². The molecule has 7 heteroatoms. The number of piperidine rings is 1. The minimum Gasteiger partial charge on any atom is -0.469 e. The Labute approximate surface area is 154 Å². The van der Waals surface area contributed by atoms with Gasteiger partial charge in [0.2, 0.25) is 5.91 Å². The highest BCUT2D eigenvalue weighted by atomic mass is 16.5. The first kappa shape index (κ1) is 18.6. The summed E-state index contributed by atoms with van der Waals surface area (Å²) in [7, 11) is 1.42. The first-order chi connectivity index (χ1) is 12.7. The zero-order valence-electron chi connectivity index (χ0n) is 15.5. The smallest absolute Gasteiger partial charge is 0.306 e. The van der Waals surface area contributed by atoms with Crippen molar-refractivity contribution >= 4 is 17.6 Å². The van der Waals surface area contributed by atoms with Crippen molar-refractivity contribution in [1.82, 2.24) is 14.8 Å². The number of piperazine rings is 1. The van der Waals surface area contributed by atoms with Crippen LogP contribution < -0.4 is 4.90 Å². The van der Waals surface area contributed by atoms with Gasteiger partial charge in [-0.15, -0.1) is 0 Å². The molecule has 3 rings (SSSR count). The zero-order chi connectivity index (χ0) is 18.4. The van der Waals surface area contributed by atoms with E-state index < -0.39 is 0 Å². The Morgan fingerprint density at radius 3 is 2.35 bits per heavy atom. The molecule has 2 saturated heterocycles. The molecule has 7 nitrogen and oxygen atoms in total. The molecule has 0 aliphatic carbocycles. The average Bonchev–Trinajstić information content (AvgIpc) is 2.72. The molecule has 3 heterocycles. The lowest BCUT2D eigenvalue weighted by Crippen LogP contribution is -2.51. The highest BCUT2D eigenvalue weighted by Gasteiger charge is 2.30. The van der Waals surface area contributed by atoms with Crippen LogP contribution in [0.2, 0.25) is 0 Å². The van der Waals surface area contributed by atoms with Gasteiger partial charge in [-0.3, -0.25) is 14.6 Å². The van der Waals surface area contributed by atoms with Gasteiger partial charge < -0.3 is 19.4 Å². The molecular weight excluding hydrogens is 332 g/mol. The molecule has 0 N–H and O–H groups in total. The van der Waals surface area contributed by atoms with Gasteiger partial charge in [0.15, 0.2) is 0 Å². The van der Waals surface area contributed by atoms with E-state index in [-0.39, 0.29) is 11.9 Å². The van der Waals surface area contributed by atoms with Crippen LogP contribution in [0.1, 0.15) is 19.3 Å². The number of aromatic nitrogens is 1. The topological polar surface area (TPSA) is 66.0 Å². The lowest BCUT2D eigenvalue weighted by atomic mass is 9.95. The van der Waals surface area contributed by atoms with Crippen LogP contribution in [-0.2, 0) is 14.3 Å². The van der Waals surface area contributed by atoms with Crippen molar-refractivity contribution in [3.05, 3.63) is 24.5 Å². The van der Waals surface area contributed by atoms with E-state index in [1.165, 1.54) is 12.8 Å². The van der Waals surface area contributed by atoms with E-state index >= 15 is 0 Å². The van der Waals surface area contributed by atoms with Gasteiger partial charge in [-0.2, -0.15) is 0 Å². The normalized spacial score (nSPS) is 19.4. The molecule has 2 aliphatic rings. The van der Waals surface area contributed by atoms with E-state index in [9.17, 15) is 9.59 Å². The SMILES string of the molecule is COC(=O)CCN1CCC(C(=O)N2CCN(c3ccncc3)CC2)CC1. The highest BCUT2D eigenvalue weighted by molar-refractivity contribution is 5.79. The summed E-state index contributed by atoms with van der Waals surface area (Å²) in [6.45, 7) is 5.78. The number of likely N-dealkylation sites (tertiary alicyclic amines) is 1. The van der Waals surface area contributed by atoms with Gasteiger partial charge in [-0.05, 0) is 38.1 Å². The highest BCUT2D eigenvalue weighted by Crippen LogP contribution is 2.22. The first-order valence-corrected chi connectivity index (χ1v) is 9.40. The monoisotopic (exact) mass is 360 g/mol. The van der Waals surface area contributed by atoms with E-state index in [1.807, 2.05) is 17.0 Å². The van der Waals surface area contributed by atoms with E-state index in [0.717, 1.165) is 58.7 Å². The third-order valence-electron chi connectivity index (χ3n) is 5.42. The number of hydrogen-bond donors (Lipinski definition) is 0. The molecule has 142 valence electrons. The summed E-state index contributed by atoms with van der Waals surface area (Å²) in [6.07, 6.45) is 5.79. The van der Waals surface area contributed by atoms with E-state index in [2.05, 4.69) is 19.5 Å². The molecule has 26 heavy (non-hydrogen) atoms. The Kier molecular flexibility index (Phi) is 6.44. The molecule has 2 aliphatic heterocycles. The van der Waals surface area contributed by atoms with Gasteiger partial charge in [0.25, 0.3) is 0 Å². The van der Waals surface area contributed by atoms with Crippen molar-refractivity contribution in [3.63, 3.8) is 0 Å². The molecule has 0 spiro atoms. The number of hydrogen-bond acceptors (Lipinski definition) is 6. The molecule has 0 atom stereocenters. The van der Waals surface area contributed by atoms with Gasteiger partial charge in [0, 0.05) is 56.7 Å². The number of anilines is 1. The lowest BCUT2D eigenvalue weighted by Gasteiger charge is -2.39. The molecule has 0 radical (unpaired) electrons. The number of esters is 1. The second kappa shape index (κ2) is 8.98. The van der Waals surface area contributed by atoms with Crippen molar-refractivity contribution in [3.8, 4) is 0 Å². The Morgan fingerprint density at radius 1 is 1.08 bits per heavy atom. The summed E-state index contributed by atoms with van der Waals surface area (Å²) in [4.78, 5) is 34.7. The molecule has 2 fully saturated rings. The van der Waals surface area contributed by atoms with E-state index in [4.69, 9.17) is 0 Å². The summed E-state index contributed by atoms with van der Waals surface area (Å²) >= 11 is 0. The lowest BCUT2D eigenvalue weighted by molar-refractivity contribution is -0.142. The number of carbonyl (C=O) groups excluding carboxylic acids is 2. The third kappa shape index (κ3) is 4.72. The fourth-order valence-corrected chi connectivity index (χ4v) is 3.75. The number of carbonyl (C=O) groups is 2. The largest absolute Gasteiger partial charge is 0.469 e. The van der Waals surface area contributed by atoms with Crippen LogP contribution in [0.25, 0.3) is 0 Å². The predicted molar refractivity (Wildman–Crippen MR) is 98.8 cm³/mol. The van der Waals surface area contributed by atoms with Crippen LogP contribution in [0.3, 0.4) is 0 Å². The van der Waals surface area contributed by atoms with Gasteiger partial charge >= 0.3 is 5.97 Å². The summed E-state index contributed by atoms with van der Waals surface area (Å²) < 4.78 is 4.69. The quantitative estimate of drug-likeness (QED) is 0.730. The first-order valence-electron chi connectivity index (χ1n) is 9.40. The minimum atomic E-state index is -0.171. The number of pyridine rings is 1. The van der Waals surface area contributed by atoms with Crippen LogP contribution in [-0.4, -0.2) is 79.6 Å². The second-order valence-electron chi connectivity index (χ2n) is 6.96. The molecule has 0 saturated carbocycles. The van der Waals surface area contributed by atoms with Crippen molar-refractivity contribution in [2.45, 2.75) is 19.3 Å². The third-order valence-corrected chi connectivity index (χ3v) is 5.42. The van der Waals surface area contributed by atoms with Crippen LogP contribution in [0.15, 0.2) is 24.5 Å². The fraction of sp³-hybridized carbons (Fsp3) is 0.632. The van der Waals surface area contributed by atoms with E-state index in [0.29, 0.717) is 12.3 Å². The van der Waals surface area contributed by atoms with Crippen LogP contribution >= 0.6 is 0 Å². The summed E-state index contributed by atoms with van der Waals surface area (Å²) in [5.74, 6) is 0.249. The average molecular weight is 360 g/mol. The molecule has 0 unspecified atom stereocenters. The molecular formula is C19H28N4O3. The standard InChI is InChI=1S/C19H28N4O3/c1-26-18(24)6-11-21-9-4-16(5-10-21)19(25)23-14-12-22(13-15-23)17-2-7-20-8-3-17/h2-3,7-8,16H,4-6,9-15H2,1H3. The Balaban J connectivity index is 1.41. The Hall–Kier alpha value is -2.15. The van der Waals surface area contributed by atoms with Crippen LogP contribution in [0.5, 0.6) is 0 Å². The minimum absolute atomic E-state index is 0.122. The molecule has 1 aromatic rings. The van der Waals surface area contributed by atoms with Gasteiger partial charge in [0.05, 0.1) is 13.5 Å². The van der Waals surface area contributed by atoms with Crippen molar-refractivity contribution < 1.29 is 14.3 Å². The predicted octanol–water partition coefficient (Wildman–Crippen LogP) is 1.01. The summed E-state index contributed by atoms with van der Waals surface area (Å²) in [6, 6.07) is 4.03. The van der Waals surface area contributed by atoms with Crippen molar-refractivity contribution in [1.29, 1.82) is 0 Å². The summed E-state index contributed by atoms with van der Waals surface area (Å²) in [5, 5.41) is 0. The van der Waals surface area contributed by atoms with Gasteiger partial charge in [-0.1, -0.05) is 0 Å². The van der Waals surface area contributed by atoms with Crippen molar-refractivity contribution in [2.24, 2.45) is 5.92 Å².